The lowest BCUT2D eigenvalue weighted by molar-refractivity contribution is 0.219. The summed E-state index contributed by atoms with van der Waals surface area (Å²) in [7, 11) is 0. The molecule has 0 spiro atoms. The van der Waals surface area contributed by atoms with Crippen LogP contribution in [0.4, 0.5) is 0 Å². The standard InChI is InChI=1S/C25H30N2/c1-4-21-9-5-6-10-23(21)18-27-16-8-15-26-14-7-11-24(26)25(27)22-13-12-19(2)20(3)17-22/h5-7,9-14,17,25H,4,8,15-16,18H2,1-3H3. The second-order valence-electron chi connectivity index (χ2n) is 7.82. The molecule has 3 aromatic rings. The molecule has 0 saturated carbocycles. The average molecular weight is 359 g/mol. The minimum absolute atomic E-state index is 0.312. The van der Waals surface area contributed by atoms with Crippen LogP contribution in [0.2, 0.25) is 0 Å². The minimum atomic E-state index is 0.312. The van der Waals surface area contributed by atoms with Gasteiger partial charge in [0.05, 0.1) is 6.04 Å². The number of benzene rings is 2. The summed E-state index contributed by atoms with van der Waals surface area (Å²) in [5.74, 6) is 0. The SMILES string of the molecule is CCc1ccccc1CN1CCCn2cccc2C1c1ccc(C)c(C)c1. The zero-order valence-corrected chi connectivity index (χ0v) is 16.8. The van der Waals surface area contributed by atoms with Gasteiger partial charge in [0.15, 0.2) is 0 Å². The third-order valence-electron chi connectivity index (χ3n) is 6.07. The smallest absolute Gasteiger partial charge is 0.0759 e. The first-order valence-electron chi connectivity index (χ1n) is 10.2. The largest absolute Gasteiger partial charge is 0.350 e. The Bertz CT molecular complexity index is 922. The Balaban J connectivity index is 1.77. The third-order valence-corrected chi connectivity index (χ3v) is 6.07. The fourth-order valence-electron chi connectivity index (χ4n) is 4.40. The summed E-state index contributed by atoms with van der Waals surface area (Å²) < 4.78 is 2.45. The van der Waals surface area contributed by atoms with Crippen LogP contribution in [0.3, 0.4) is 0 Å². The van der Waals surface area contributed by atoms with E-state index in [2.05, 4.69) is 91.0 Å². The molecule has 1 aromatic heterocycles. The number of rotatable bonds is 4. The van der Waals surface area contributed by atoms with Crippen LogP contribution < -0.4 is 0 Å². The Hall–Kier alpha value is -2.32. The number of aryl methyl sites for hydroxylation is 4. The topological polar surface area (TPSA) is 8.17 Å². The molecule has 0 bridgehead atoms. The van der Waals surface area contributed by atoms with Gasteiger partial charge in [0.25, 0.3) is 0 Å². The van der Waals surface area contributed by atoms with E-state index in [1.54, 1.807) is 0 Å². The van der Waals surface area contributed by atoms with Gasteiger partial charge in [-0.2, -0.15) is 0 Å². The van der Waals surface area contributed by atoms with Gasteiger partial charge in [-0.05, 0) is 66.6 Å². The highest BCUT2D eigenvalue weighted by Gasteiger charge is 2.27. The Kier molecular flexibility index (Phi) is 5.18. The molecule has 2 nitrogen and oxygen atoms in total. The highest BCUT2D eigenvalue weighted by atomic mass is 15.2. The van der Waals surface area contributed by atoms with Gasteiger partial charge in [0.2, 0.25) is 0 Å². The molecular weight excluding hydrogens is 328 g/mol. The van der Waals surface area contributed by atoms with Crippen LogP contribution in [0.5, 0.6) is 0 Å². The van der Waals surface area contributed by atoms with Crippen molar-refractivity contribution in [1.29, 1.82) is 0 Å². The van der Waals surface area contributed by atoms with Crippen LogP contribution in [0.25, 0.3) is 0 Å². The van der Waals surface area contributed by atoms with Crippen molar-refractivity contribution in [2.24, 2.45) is 0 Å². The monoisotopic (exact) mass is 358 g/mol. The molecule has 2 heterocycles. The molecule has 1 unspecified atom stereocenters. The first-order chi connectivity index (χ1) is 13.2. The molecule has 0 fully saturated rings. The predicted molar refractivity (Wildman–Crippen MR) is 113 cm³/mol. The highest BCUT2D eigenvalue weighted by molar-refractivity contribution is 5.37. The summed E-state index contributed by atoms with van der Waals surface area (Å²) in [4.78, 5) is 2.68. The lowest BCUT2D eigenvalue weighted by Gasteiger charge is -2.31. The Labute approximate surface area is 163 Å². The molecule has 140 valence electrons. The average Bonchev–Trinajstić information content (AvgIpc) is 3.06. The molecule has 2 heteroatoms. The number of nitrogens with zero attached hydrogens (tertiary/aromatic N) is 2. The van der Waals surface area contributed by atoms with Gasteiger partial charge in [0, 0.05) is 31.5 Å². The van der Waals surface area contributed by atoms with Gasteiger partial charge < -0.3 is 4.57 Å². The first-order valence-corrected chi connectivity index (χ1v) is 10.2. The van der Waals surface area contributed by atoms with Crippen molar-refractivity contribution in [2.45, 2.75) is 52.7 Å². The van der Waals surface area contributed by atoms with E-state index >= 15 is 0 Å². The van der Waals surface area contributed by atoms with Crippen molar-refractivity contribution in [3.8, 4) is 0 Å². The third kappa shape index (κ3) is 3.59. The zero-order chi connectivity index (χ0) is 18.8. The number of aromatic nitrogens is 1. The number of hydrogen-bond donors (Lipinski definition) is 0. The van der Waals surface area contributed by atoms with E-state index in [0.29, 0.717) is 6.04 Å². The van der Waals surface area contributed by atoms with Gasteiger partial charge in [0.1, 0.15) is 0 Å². The van der Waals surface area contributed by atoms with Gasteiger partial charge >= 0.3 is 0 Å². The van der Waals surface area contributed by atoms with E-state index in [1.807, 2.05) is 0 Å². The van der Waals surface area contributed by atoms with Crippen molar-refractivity contribution < 1.29 is 0 Å². The summed E-state index contributed by atoms with van der Waals surface area (Å²) in [5, 5.41) is 0. The minimum Gasteiger partial charge on any atom is -0.350 e. The zero-order valence-electron chi connectivity index (χ0n) is 16.8. The van der Waals surface area contributed by atoms with Crippen molar-refractivity contribution in [3.63, 3.8) is 0 Å². The fourth-order valence-corrected chi connectivity index (χ4v) is 4.40. The molecule has 1 aliphatic rings. The molecule has 0 aliphatic carbocycles. The molecule has 2 aromatic carbocycles. The van der Waals surface area contributed by atoms with Crippen molar-refractivity contribution >= 4 is 0 Å². The molecule has 0 N–H and O–H groups in total. The van der Waals surface area contributed by atoms with E-state index in [4.69, 9.17) is 0 Å². The fraction of sp³-hybridized carbons (Fsp3) is 0.360. The van der Waals surface area contributed by atoms with E-state index in [9.17, 15) is 0 Å². The lowest BCUT2D eigenvalue weighted by atomic mass is 9.96. The maximum atomic E-state index is 2.68. The Morgan fingerprint density at radius 2 is 1.70 bits per heavy atom. The lowest BCUT2D eigenvalue weighted by Crippen LogP contribution is -2.30. The molecule has 1 aliphatic heterocycles. The second kappa shape index (κ2) is 7.74. The maximum absolute atomic E-state index is 2.68. The van der Waals surface area contributed by atoms with Crippen molar-refractivity contribution in [2.75, 3.05) is 6.54 Å². The summed E-state index contributed by atoms with van der Waals surface area (Å²) in [5.41, 5.74) is 8.51. The van der Waals surface area contributed by atoms with Gasteiger partial charge in [-0.1, -0.05) is 49.4 Å². The molecule has 0 amide bonds. The van der Waals surface area contributed by atoms with Crippen LogP contribution in [-0.2, 0) is 19.5 Å². The summed E-state index contributed by atoms with van der Waals surface area (Å²) >= 11 is 0. The molecule has 0 radical (unpaired) electrons. The first kappa shape index (κ1) is 18.1. The molecule has 27 heavy (non-hydrogen) atoms. The van der Waals surface area contributed by atoms with Crippen LogP contribution in [0.15, 0.2) is 60.8 Å². The van der Waals surface area contributed by atoms with Crippen LogP contribution in [0, 0.1) is 13.8 Å². The molecule has 0 saturated heterocycles. The van der Waals surface area contributed by atoms with Crippen LogP contribution in [-0.4, -0.2) is 16.0 Å². The summed E-state index contributed by atoms with van der Waals surface area (Å²) in [6.07, 6.45) is 4.53. The number of hydrogen-bond acceptors (Lipinski definition) is 1. The van der Waals surface area contributed by atoms with E-state index in [-0.39, 0.29) is 0 Å². The van der Waals surface area contributed by atoms with Crippen LogP contribution in [0.1, 0.15) is 52.9 Å². The predicted octanol–water partition coefficient (Wildman–Crippen LogP) is 5.66. The molecule has 1 atom stereocenters. The van der Waals surface area contributed by atoms with Gasteiger partial charge in [-0.25, -0.2) is 0 Å². The molecule has 4 rings (SSSR count). The van der Waals surface area contributed by atoms with E-state index in [0.717, 1.165) is 26.1 Å². The number of fused-ring (bicyclic) bond motifs is 1. The maximum Gasteiger partial charge on any atom is 0.0759 e. The van der Waals surface area contributed by atoms with Crippen LogP contribution >= 0.6 is 0 Å². The van der Waals surface area contributed by atoms with E-state index < -0.39 is 0 Å². The Morgan fingerprint density at radius 3 is 2.48 bits per heavy atom. The van der Waals surface area contributed by atoms with Gasteiger partial charge in [-0.15, -0.1) is 0 Å². The summed E-state index contributed by atoms with van der Waals surface area (Å²) in [6, 6.07) is 20.7. The van der Waals surface area contributed by atoms with E-state index in [1.165, 1.54) is 39.9 Å². The van der Waals surface area contributed by atoms with Crippen molar-refractivity contribution in [1.82, 2.24) is 9.47 Å². The second-order valence-corrected chi connectivity index (χ2v) is 7.82. The Morgan fingerprint density at radius 1 is 0.889 bits per heavy atom. The van der Waals surface area contributed by atoms with Crippen molar-refractivity contribution in [3.05, 3.63) is 94.3 Å². The quantitative estimate of drug-likeness (QED) is 0.584. The normalized spacial score (nSPS) is 17.5. The van der Waals surface area contributed by atoms with Gasteiger partial charge in [-0.3, -0.25) is 4.90 Å². The highest BCUT2D eigenvalue weighted by Crippen LogP contribution is 2.34. The molecular formula is C25H30N2. The summed E-state index contributed by atoms with van der Waals surface area (Å²) in [6.45, 7) is 9.92.